The van der Waals surface area contributed by atoms with Crippen LogP contribution in [0.1, 0.15) is 36.8 Å². The van der Waals surface area contributed by atoms with Crippen LogP contribution in [0.25, 0.3) is 0 Å². The van der Waals surface area contributed by atoms with Crippen LogP contribution < -0.4 is 9.46 Å². The summed E-state index contributed by atoms with van der Waals surface area (Å²) in [6.45, 7) is 1.27. The molecule has 0 spiro atoms. The molecule has 4 rings (SSSR count). The number of hydrogen-bond donors (Lipinski definition) is 1. The Morgan fingerprint density at radius 3 is 2.70 bits per heavy atom. The van der Waals surface area contributed by atoms with E-state index in [4.69, 9.17) is 9.47 Å². The quantitative estimate of drug-likeness (QED) is 0.816. The van der Waals surface area contributed by atoms with Crippen LogP contribution in [0.5, 0.6) is 5.75 Å². The van der Waals surface area contributed by atoms with Crippen molar-refractivity contribution in [2.75, 3.05) is 17.9 Å². The van der Waals surface area contributed by atoms with E-state index in [9.17, 15) is 8.42 Å². The molecule has 1 heterocycles. The van der Waals surface area contributed by atoms with E-state index in [1.54, 1.807) is 24.3 Å². The second-order valence-electron chi connectivity index (χ2n) is 7.22. The van der Waals surface area contributed by atoms with Crippen LogP contribution in [0.2, 0.25) is 0 Å². The average molecular weight is 388 g/mol. The summed E-state index contributed by atoms with van der Waals surface area (Å²) in [7, 11) is -3.62. The molecule has 0 aromatic heterocycles. The highest BCUT2D eigenvalue weighted by Gasteiger charge is 2.19. The van der Waals surface area contributed by atoms with Gasteiger partial charge in [0.2, 0.25) is 0 Å². The molecule has 2 aromatic rings. The Kier molecular flexibility index (Phi) is 5.36. The number of sulfonamides is 1. The van der Waals surface area contributed by atoms with Crippen molar-refractivity contribution >= 4 is 15.7 Å². The van der Waals surface area contributed by atoms with E-state index in [1.807, 2.05) is 18.2 Å². The van der Waals surface area contributed by atoms with Gasteiger partial charge in [-0.1, -0.05) is 12.1 Å². The molecule has 0 radical (unpaired) electrons. The van der Waals surface area contributed by atoms with E-state index < -0.39 is 10.0 Å². The molecule has 1 N–H and O–H groups in total. The molecule has 0 saturated carbocycles. The van der Waals surface area contributed by atoms with Gasteiger partial charge in [0.05, 0.1) is 16.7 Å². The number of fused-ring (bicyclic) bond motifs is 1. The third-order valence-corrected chi connectivity index (χ3v) is 6.56. The zero-order valence-corrected chi connectivity index (χ0v) is 16.1. The first-order valence-electron chi connectivity index (χ1n) is 9.59. The summed E-state index contributed by atoms with van der Waals surface area (Å²) in [6, 6.07) is 12.5. The third kappa shape index (κ3) is 4.45. The van der Waals surface area contributed by atoms with Gasteiger partial charge in [-0.3, -0.25) is 4.72 Å². The van der Waals surface area contributed by atoms with Gasteiger partial charge < -0.3 is 9.47 Å². The molecule has 1 fully saturated rings. The summed E-state index contributed by atoms with van der Waals surface area (Å²) in [5.41, 5.74) is 2.92. The molecular weight excluding hydrogens is 362 g/mol. The second kappa shape index (κ2) is 7.90. The molecule has 0 bridgehead atoms. The lowest BCUT2D eigenvalue weighted by atomic mass is 9.92. The molecule has 27 heavy (non-hydrogen) atoms. The van der Waals surface area contributed by atoms with Crippen molar-refractivity contribution in [3.63, 3.8) is 0 Å². The molecule has 1 aliphatic carbocycles. The van der Waals surface area contributed by atoms with Gasteiger partial charge in [0.25, 0.3) is 10.0 Å². The number of benzene rings is 2. The zero-order chi connectivity index (χ0) is 18.7. The fourth-order valence-corrected chi connectivity index (χ4v) is 4.81. The average Bonchev–Trinajstić information content (AvgIpc) is 3.19. The highest BCUT2D eigenvalue weighted by molar-refractivity contribution is 7.92. The predicted molar refractivity (Wildman–Crippen MR) is 105 cm³/mol. The van der Waals surface area contributed by atoms with E-state index in [1.165, 1.54) is 12.0 Å². The van der Waals surface area contributed by atoms with Gasteiger partial charge in [0, 0.05) is 12.7 Å². The van der Waals surface area contributed by atoms with Crippen LogP contribution in [-0.2, 0) is 27.6 Å². The highest BCUT2D eigenvalue weighted by atomic mass is 32.2. The minimum absolute atomic E-state index is 0.126. The lowest BCUT2D eigenvalue weighted by Crippen LogP contribution is -2.17. The maximum Gasteiger partial charge on any atom is 0.261 e. The highest BCUT2D eigenvalue weighted by Crippen LogP contribution is 2.26. The number of hydrogen-bond acceptors (Lipinski definition) is 4. The van der Waals surface area contributed by atoms with Gasteiger partial charge in [-0.2, -0.15) is 0 Å². The van der Waals surface area contributed by atoms with Crippen molar-refractivity contribution in [3.8, 4) is 5.75 Å². The number of rotatable bonds is 6. The van der Waals surface area contributed by atoms with Crippen LogP contribution in [-0.4, -0.2) is 27.7 Å². The van der Waals surface area contributed by atoms with Crippen LogP contribution in [0.15, 0.2) is 47.4 Å². The topological polar surface area (TPSA) is 64.6 Å². The standard InChI is InChI=1S/C21H25NO4S/c23-27(24,21-11-10-16-5-1-2-6-17(16)13-21)22-18-7-3-8-19(14-18)26-15-20-9-4-12-25-20/h3,7-8,10-11,13-14,20,22H,1-2,4-6,9,12,15H2. The van der Waals surface area contributed by atoms with Crippen LogP contribution in [0, 0.1) is 0 Å². The fourth-order valence-electron chi connectivity index (χ4n) is 3.71. The summed E-state index contributed by atoms with van der Waals surface area (Å²) >= 11 is 0. The van der Waals surface area contributed by atoms with Gasteiger partial charge >= 0.3 is 0 Å². The van der Waals surface area contributed by atoms with Crippen LogP contribution >= 0.6 is 0 Å². The number of anilines is 1. The maximum absolute atomic E-state index is 12.8. The van der Waals surface area contributed by atoms with Crippen molar-refractivity contribution in [1.29, 1.82) is 0 Å². The molecule has 6 heteroatoms. The lowest BCUT2D eigenvalue weighted by Gasteiger charge is -2.17. The third-order valence-electron chi connectivity index (χ3n) is 5.18. The van der Waals surface area contributed by atoms with Gasteiger partial charge in [-0.15, -0.1) is 0 Å². The normalized spacial score (nSPS) is 19.5. The first-order valence-corrected chi connectivity index (χ1v) is 11.1. The van der Waals surface area contributed by atoms with Crippen molar-refractivity contribution in [1.82, 2.24) is 0 Å². The van der Waals surface area contributed by atoms with Gasteiger partial charge in [-0.25, -0.2) is 8.42 Å². The summed E-state index contributed by atoms with van der Waals surface area (Å²) in [6.07, 6.45) is 6.47. The Bertz CT molecular complexity index is 904. The first-order chi connectivity index (χ1) is 13.1. The predicted octanol–water partition coefficient (Wildman–Crippen LogP) is 3.92. The summed E-state index contributed by atoms with van der Waals surface area (Å²) in [5, 5.41) is 0. The Hall–Kier alpha value is -2.05. The zero-order valence-electron chi connectivity index (χ0n) is 15.3. The molecule has 144 valence electrons. The van der Waals surface area contributed by atoms with Crippen LogP contribution in [0.3, 0.4) is 0 Å². The van der Waals surface area contributed by atoms with Gasteiger partial charge in [0.1, 0.15) is 12.4 Å². The van der Waals surface area contributed by atoms with E-state index >= 15 is 0 Å². The molecule has 5 nitrogen and oxygen atoms in total. The van der Waals surface area contributed by atoms with Crippen LogP contribution in [0.4, 0.5) is 5.69 Å². The summed E-state index contributed by atoms with van der Waals surface area (Å²) in [5.74, 6) is 0.635. The van der Waals surface area contributed by atoms with Crippen molar-refractivity contribution in [2.24, 2.45) is 0 Å². The smallest absolute Gasteiger partial charge is 0.261 e. The van der Waals surface area contributed by atoms with Crippen molar-refractivity contribution in [3.05, 3.63) is 53.6 Å². The van der Waals surface area contributed by atoms with E-state index in [2.05, 4.69) is 4.72 Å². The minimum Gasteiger partial charge on any atom is -0.491 e. The molecular formula is C21H25NO4S. The summed E-state index contributed by atoms with van der Waals surface area (Å²) in [4.78, 5) is 0.314. The Morgan fingerprint density at radius 1 is 1.04 bits per heavy atom. The SMILES string of the molecule is O=S(=O)(Nc1cccc(OCC2CCCO2)c1)c1ccc2c(c1)CCCC2. The molecule has 1 unspecified atom stereocenters. The van der Waals surface area contributed by atoms with E-state index in [0.717, 1.165) is 44.3 Å². The van der Waals surface area contributed by atoms with Crippen molar-refractivity contribution in [2.45, 2.75) is 49.5 Å². The van der Waals surface area contributed by atoms with E-state index in [-0.39, 0.29) is 6.10 Å². The molecule has 2 aromatic carbocycles. The number of nitrogens with one attached hydrogen (secondary N) is 1. The fraction of sp³-hybridized carbons (Fsp3) is 0.429. The van der Waals surface area contributed by atoms with Gasteiger partial charge in [0.15, 0.2) is 0 Å². The maximum atomic E-state index is 12.8. The van der Waals surface area contributed by atoms with Crippen molar-refractivity contribution < 1.29 is 17.9 Å². The monoisotopic (exact) mass is 387 g/mol. The molecule has 2 aliphatic rings. The first kappa shape index (κ1) is 18.3. The molecule has 0 amide bonds. The lowest BCUT2D eigenvalue weighted by molar-refractivity contribution is 0.0680. The Balaban J connectivity index is 1.46. The molecule has 1 atom stereocenters. The number of ether oxygens (including phenoxy) is 2. The van der Waals surface area contributed by atoms with E-state index in [0.29, 0.717) is 22.9 Å². The Morgan fingerprint density at radius 2 is 1.89 bits per heavy atom. The summed E-state index contributed by atoms with van der Waals surface area (Å²) < 4.78 is 39.6. The molecule has 1 aliphatic heterocycles. The number of aryl methyl sites for hydroxylation is 2. The van der Waals surface area contributed by atoms with Gasteiger partial charge in [-0.05, 0) is 73.9 Å². The molecule has 1 saturated heterocycles. The Labute approximate surface area is 160 Å². The second-order valence-corrected chi connectivity index (χ2v) is 8.90. The largest absolute Gasteiger partial charge is 0.491 e. The minimum atomic E-state index is -3.62.